The standard InChI is InChI=1S/C19H30N4O2/c1-20-19(21-13-16-5-3-4-6-17(16)15-24-2)23-8-7-18(14-23)22-9-11-25-12-10-22/h3-6,18H,7-15H2,1-2H3,(H,20,21). The number of morpholine rings is 1. The van der Waals surface area contributed by atoms with Crippen molar-refractivity contribution in [1.29, 1.82) is 0 Å². The largest absolute Gasteiger partial charge is 0.380 e. The number of guanidine groups is 1. The molecule has 1 unspecified atom stereocenters. The van der Waals surface area contributed by atoms with Crippen molar-refractivity contribution in [3.05, 3.63) is 35.4 Å². The Labute approximate surface area is 150 Å². The highest BCUT2D eigenvalue weighted by molar-refractivity contribution is 5.80. The summed E-state index contributed by atoms with van der Waals surface area (Å²) < 4.78 is 10.8. The van der Waals surface area contributed by atoms with Gasteiger partial charge in [-0.1, -0.05) is 24.3 Å². The van der Waals surface area contributed by atoms with Crippen LogP contribution in [-0.2, 0) is 22.6 Å². The summed E-state index contributed by atoms with van der Waals surface area (Å²) in [4.78, 5) is 9.43. The highest BCUT2D eigenvalue weighted by Gasteiger charge is 2.30. The van der Waals surface area contributed by atoms with Crippen molar-refractivity contribution in [3.8, 4) is 0 Å². The molecule has 138 valence electrons. The maximum absolute atomic E-state index is 5.47. The van der Waals surface area contributed by atoms with Gasteiger partial charge in [0.2, 0.25) is 0 Å². The first-order chi connectivity index (χ1) is 12.3. The van der Waals surface area contributed by atoms with Crippen molar-refractivity contribution in [2.75, 3.05) is 53.6 Å². The summed E-state index contributed by atoms with van der Waals surface area (Å²) >= 11 is 0. The van der Waals surface area contributed by atoms with Crippen LogP contribution in [0, 0.1) is 0 Å². The van der Waals surface area contributed by atoms with E-state index in [2.05, 4.69) is 44.4 Å². The Hall–Kier alpha value is -1.63. The molecule has 0 spiro atoms. The molecule has 1 atom stereocenters. The number of aliphatic imine (C=N–C) groups is 1. The molecule has 0 aliphatic carbocycles. The first kappa shape index (κ1) is 18.2. The lowest BCUT2D eigenvalue weighted by atomic mass is 10.1. The van der Waals surface area contributed by atoms with Crippen LogP contribution in [-0.4, -0.2) is 75.4 Å². The van der Waals surface area contributed by atoms with E-state index >= 15 is 0 Å². The number of hydrogen-bond donors (Lipinski definition) is 1. The number of benzene rings is 1. The molecule has 0 radical (unpaired) electrons. The molecule has 2 heterocycles. The first-order valence-corrected chi connectivity index (χ1v) is 9.15. The summed E-state index contributed by atoms with van der Waals surface area (Å²) in [6.07, 6.45) is 1.20. The normalized spacial score (nSPS) is 22.4. The third kappa shape index (κ3) is 4.71. The lowest BCUT2D eigenvalue weighted by Crippen LogP contribution is -2.46. The van der Waals surface area contributed by atoms with Crippen molar-refractivity contribution in [2.45, 2.75) is 25.6 Å². The Kier molecular flexibility index (Phi) is 6.67. The fraction of sp³-hybridized carbons (Fsp3) is 0.632. The summed E-state index contributed by atoms with van der Waals surface area (Å²) in [6.45, 7) is 7.33. The van der Waals surface area contributed by atoms with E-state index in [1.165, 1.54) is 17.5 Å². The molecule has 0 saturated carbocycles. The van der Waals surface area contributed by atoms with E-state index in [0.29, 0.717) is 12.6 Å². The van der Waals surface area contributed by atoms with Crippen molar-refractivity contribution in [1.82, 2.24) is 15.1 Å². The predicted octanol–water partition coefficient (Wildman–Crippen LogP) is 1.31. The van der Waals surface area contributed by atoms with Crippen molar-refractivity contribution in [3.63, 3.8) is 0 Å². The minimum atomic E-state index is 0.614. The summed E-state index contributed by atoms with van der Waals surface area (Å²) in [5.74, 6) is 0.989. The number of likely N-dealkylation sites (tertiary alicyclic amines) is 1. The molecule has 1 N–H and O–H groups in total. The maximum Gasteiger partial charge on any atom is 0.193 e. The van der Waals surface area contributed by atoms with Gasteiger partial charge in [-0.2, -0.15) is 0 Å². The topological polar surface area (TPSA) is 49.3 Å². The minimum Gasteiger partial charge on any atom is -0.380 e. The SMILES string of the molecule is CN=C(NCc1ccccc1COC)N1CCC(N2CCOCC2)C1. The molecule has 2 fully saturated rings. The van der Waals surface area contributed by atoms with Crippen LogP contribution in [0.1, 0.15) is 17.5 Å². The highest BCUT2D eigenvalue weighted by atomic mass is 16.5. The number of nitrogens with zero attached hydrogens (tertiary/aromatic N) is 3. The zero-order valence-electron chi connectivity index (χ0n) is 15.4. The van der Waals surface area contributed by atoms with Crippen molar-refractivity contribution in [2.24, 2.45) is 4.99 Å². The van der Waals surface area contributed by atoms with E-state index < -0.39 is 0 Å². The van der Waals surface area contributed by atoms with Crippen LogP contribution < -0.4 is 5.32 Å². The van der Waals surface area contributed by atoms with Gasteiger partial charge in [-0.3, -0.25) is 9.89 Å². The maximum atomic E-state index is 5.47. The van der Waals surface area contributed by atoms with Crippen LogP contribution in [0.5, 0.6) is 0 Å². The van der Waals surface area contributed by atoms with E-state index in [-0.39, 0.29) is 0 Å². The molecule has 0 amide bonds. The average Bonchev–Trinajstić information content (AvgIpc) is 3.14. The van der Waals surface area contributed by atoms with E-state index in [4.69, 9.17) is 9.47 Å². The fourth-order valence-corrected chi connectivity index (χ4v) is 3.71. The van der Waals surface area contributed by atoms with Crippen LogP contribution in [0.2, 0.25) is 0 Å². The summed E-state index contributed by atoms with van der Waals surface area (Å²) in [7, 11) is 3.60. The second kappa shape index (κ2) is 9.17. The quantitative estimate of drug-likeness (QED) is 0.644. The Morgan fingerprint density at radius 2 is 2.00 bits per heavy atom. The molecule has 1 aromatic carbocycles. The number of ether oxygens (including phenoxy) is 2. The van der Waals surface area contributed by atoms with Crippen LogP contribution in [0.4, 0.5) is 0 Å². The van der Waals surface area contributed by atoms with Gasteiger partial charge in [0.1, 0.15) is 0 Å². The fourth-order valence-electron chi connectivity index (χ4n) is 3.71. The average molecular weight is 346 g/mol. The molecule has 3 rings (SSSR count). The van der Waals surface area contributed by atoms with Gasteiger partial charge in [0.25, 0.3) is 0 Å². The van der Waals surface area contributed by atoms with Crippen LogP contribution in [0.25, 0.3) is 0 Å². The molecule has 2 saturated heterocycles. The summed E-state index contributed by atoms with van der Waals surface area (Å²) in [6, 6.07) is 9.01. The lowest BCUT2D eigenvalue weighted by Gasteiger charge is -2.32. The van der Waals surface area contributed by atoms with Gasteiger partial charge in [-0.15, -0.1) is 0 Å². The van der Waals surface area contributed by atoms with Gasteiger partial charge in [0, 0.05) is 52.9 Å². The van der Waals surface area contributed by atoms with Gasteiger partial charge in [-0.05, 0) is 17.5 Å². The molecular formula is C19H30N4O2. The second-order valence-electron chi connectivity index (χ2n) is 6.64. The second-order valence-corrected chi connectivity index (χ2v) is 6.64. The summed E-state index contributed by atoms with van der Waals surface area (Å²) in [5, 5.41) is 3.53. The highest BCUT2D eigenvalue weighted by Crippen LogP contribution is 2.17. The third-order valence-corrected chi connectivity index (χ3v) is 5.09. The van der Waals surface area contributed by atoms with Crippen LogP contribution in [0.15, 0.2) is 29.3 Å². The van der Waals surface area contributed by atoms with Gasteiger partial charge >= 0.3 is 0 Å². The molecule has 0 aromatic heterocycles. The number of methoxy groups -OCH3 is 1. The predicted molar refractivity (Wildman–Crippen MR) is 99.7 cm³/mol. The van der Waals surface area contributed by atoms with Crippen LogP contribution in [0.3, 0.4) is 0 Å². The number of rotatable bonds is 5. The van der Waals surface area contributed by atoms with Gasteiger partial charge in [0.15, 0.2) is 5.96 Å². The van der Waals surface area contributed by atoms with Crippen LogP contribution >= 0.6 is 0 Å². The Bertz CT molecular complexity index is 572. The molecule has 25 heavy (non-hydrogen) atoms. The molecule has 2 aliphatic heterocycles. The monoisotopic (exact) mass is 346 g/mol. The van der Waals surface area contributed by atoms with E-state index in [0.717, 1.165) is 51.9 Å². The van der Waals surface area contributed by atoms with Gasteiger partial charge in [0.05, 0.1) is 19.8 Å². The molecule has 6 nitrogen and oxygen atoms in total. The Balaban J connectivity index is 1.55. The minimum absolute atomic E-state index is 0.614. The molecule has 6 heteroatoms. The van der Waals surface area contributed by atoms with E-state index in [9.17, 15) is 0 Å². The number of nitrogens with one attached hydrogen (secondary N) is 1. The third-order valence-electron chi connectivity index (χ3n) is 5.09. The molecule has 0 bridgehead atoms. The molecule has 1 aromatic rings. The molecule has 2 aliphatic rings. The van der Waals surface area contributed by atoms with E-state index in [1.807, 2.05) is 7.05 Å². The smallest absolute Gasteiger partial charge is 0.193 e. The van der Waals surface area contributed by atoms with Crippen molar-refractivity contribution < 1.29 is 9.47 Å². The van der Waals surface area contributed by atoms with Gasteiger partial charge in [-0.25, -0.2) is 0 Å². The van der Waals surface area contributed by atoms with Gasteiger partial charge < -0.3 is 19.7 Å². The zero-order chi connectivity index (χ0) is 17.5. The van der Waals surface area contributed by atoms with Crippen molar-refractivity contribution >= 4 is 5.96 Å². The zero-order valence-corrected chi connectivity index (χ0v) is 15.4. The van der Waals surface area contributed by atoms with E-state index in [1.54, 1.807) is 7.11 Å². The molecular weight excluding hydrogens is 316 g/mol. The first-order valence-electron chi connectivity index (χ1n) is 9.15. The Morgan fingerprint density at radius 3 is 2.72 bits per heavy atom. The Morgan fingerprint density at radius 1 is 1.24 bits per heavy atom. The lowest BCUT2D eigenvalue weighted by molar-refractivity contribution is 0.0195. The number of hydrogen-bond acceptors (Lipinski definition) is 4. The summed E-state index contributed by atoms with van der Waals surface area (Å²) in [5.41, 5.74) is 2.48.